The molecule has 0 saturated carbocycles. The molecule has 19 heavy (non-hydrogen) atoms. The van der Waals surface area contributed by atoms with Crippen LogP contribution in [0.15, 0.2) is 17.1 Å². The first-order chi connectivity index (χ1) is 8.60. The van der Waals surface area contributed by atoms with Gasteiger partial charge in [-0.2, -0.15) is 27.3 Å². The Balaban J connectivity index is 2.63. The van der Waals surface area contributed by atoms with Gasteiger partial charge in [0, 0.05) is 6.21 Å². The Morgan fingerprint density at radius 3 is 2.53 bits per heavy atom. The molecule has 0 aromatic carbocycles. The molecule has 1 aliphatic rings. The van der Waals surface area contributed by atoms with E-state index >= 15 is 0 Å². The van der Waals surface area contributed by atoms with E-state index in [9.17, 15) is 26.3 Å². The van der Waals surface area contributed by atoms with Gasteiger partial charge in [0.15, 0.2) is 0 Å². The molecule has 0 saturated heterocycles. The number of nitrogens with one attached hydrogen (secondary N) is 1. The van der Waals surface area contributed by atoms with Crippen molar-refractivity contribution in [3.05, 3.63) is 12.2 Å². The Kier molecular flexibility index (Phi) is 5.22. The normalized spacial score (nSPS) is 26.3. The fourth-order valence-electron chi connectivity index (χ4n) is 1.18. The summed E-state index contributed by atoms with van der Waals surface area (Å²) in [6.07, 6.45) is -11.5. The smallest absolute Gasteiger partial charge is 0.308 e. The van der Waals surface area contributed by atoms with Gasteiger partial charge in [-0.3, -0.25) is 4.99 Å². The monoisotopic (exact) mass is 310 g/mol. The van der Waals surface area contributed by atoms with Crippen LogP contribution in [-0.2, 0) is 4.74 Å². The molecule has 1 heterocycles. The van der Waals surface area contributed by atoms with Crippen molar-refractivity contribution in [3.8, 4) is 0 Å². The molecule has 0 aromatic rings. The standard InChI is InChI=1S/C9H9ClF6N2O/c10-6-3-1-2-5(4-17-6)19-8(12,13)7(11)18-9(14,15)16/h1,3-7,18H,2H2/t5?,6-,7?/m1/s1. The van der Waals surface area contributed by atoms with Crippen LogP contribution in [0.2, 0.25) is 0 Å². The van der Waals surface area contributed by atoms with E-state index in [0.717, 1.165) is 6.21 Å². The number of halogens is 7. The Morgan fingerprint density at radius 2 is 1.95 bits per heavy atom. The number of hydrogen-bond donors (Lipinski definition) is 1. The number of rotatable bonds is 4. The summed E-state index contributed by atoms with van der Waals surface area (Å²) in [4.78, 5) is 3.55. The average molecular weight is 311 g/mol. The molecular formula is C9H9ClF6N2O. The minimum atomic E-state index is -5.29. The van der Waals surface area contributed by atoms with Crippen LogP contribution in [0.1, 0.15) is 6.42 Å². The summed E-state index contributed by atoms with van der Waals surface area (Å²) in [5.74, 6) is 0. The van der Waals surface area contributed by atoms with Crippen molar-refractivity contribution in [2.75, 3.05) is 0 Å². The Morgan fingerprint density at radius 1 is 1.32 bits per heavy atom. The van der Waals surface area contributed by atoms with Crippen LogP contribution in [0.25, 0.3) is 0 Å². The summed E-state index contributed by atoms with van der Waals surface area (Å²) in [6.45, 7) is 0. The van der Waals surface area contributed by atoms with Crippen LogP contribution >= 0.6 is 11.6 Å². The van der Waals surface area contributed by atoms with E-state index in [4.69, 9.17) is 11.6 Å². The molecular weight excluding hydrogens is 302 g/mol. The first-order valence-corrected chi connectivity index (χ1v) is 5.42. The fraction of sp³-hybridized carbons (Fsp3) is 0.667. The molecule has 0 bridgehead atoms. The predicted octanol–water partition coefficient (Wildman–Crippen LogP) is 2.97. The molecule has 2 unspecified atom stereocenters. The minimum absolute atomic E-state index is 0.110. The van der Waals surface area contributed by atoms with Gasteiger partial charge in [0.05, 0.1) is 0 Å². The van der Waals surface area contributed by atoms with Gasteiger partial charge < -0.3 is 4.74 Å². The second kappa shape index (κ2) is 6.10. The molecule has 0 amide bonds. The lowest BCUT2D eigenvalue weighted by Gasteiger charge is -2.25. The van der Waals surface area contributed by atoms with E-state index in [0.29, 0.717) is 0 Å². The van der Waals surface area contributed by atoms with Crippen LogP contribution in [-0.4, -0.2) is 36.5 Å². The van der Waals surface area contributed by atoms with Crippen LogP contribution in [0.4, 0.5) is 26.3 Å². The molecule has 1 aliphatic heterocycles. The van der Waals surface area contributed by atoms with E-state index < -0.39 is 30.3 Å². The fourth-order valence-corrected chi connectivity index (χ4v) is 1.35. The molecule has 1 rings (SSSR count). The van der Waals surface area contributed by atoms with Crippen molar-refractivity contribution in [2.24, 2.45) is 4.99 Å². The number of alkyl halides is 7. The molecule has 0 aromatic heterocycles. The highest BCUT2D eigenvalue weighted by atomic mass is 35.5. The molecule has 1 N–H and O–H groups in total. The van der Waals surface area contributed by atoms with E-state index in [1.54, 1.807) is 0 Å². The van der Waals surface area contributed by atoms with Gasteiger partial charge in [0.2, 0.25) is 6.30 Å². The van der Waals surface area contributed by atoms with Crippen molar-refractivity contribution in [1.29, 1.82) is 0 Å². The number of hydrogen-bond acceptors (Lipinski definition) is 3. The molecule has 3 nitrogen and oxygen atoms in total. The predicted molar refractivity (Wildman–Crippen MR) is 55.8 cm³/mol. The largest absolute Gasteiger partial charge is 0.459 e. The summed E-state index contributed by atoms with van der Waals surface area (Å²) >= 11 is 5.54. The molecule has 0 spiro atoms. The van der Waals surface area contributed by atoms with Gasteiger partial charge in [-0.25, -0.2) is 4.39 Å². The van der Waals surface area contributed by atoms with E-state index in [2.05, 4.69) is 9.73 Å². The van der Waals surface area contributed by atoms with Crippen LogP contribution < -0.4 is 5.32 Å². The summed E-state index contributed by atoms with van der Waals surface area (Å²) in [5, 5.41) is 0.143. The Labute approximate surface area is 109 Å². The average Bonchev–Trinajstić information content (AvgIpc) is 2.41. The molecule has 0 fully saturated rings. The summed E-state index contributed by atoms with van der Waals surface area (Å²) < 4.78 is 78.2. The molecule has 0 aliphatic carbocycles. The van der Waals surface area contributed by atoms with Crippen LogP contribution in [0, 0.1) is 0 Å². The molecule has 110 valence electrons. The highest BCUT2D eigenvalue weighted by Gasteiger charge is 2.48. The number of aliphatic imine (C=N–C) groups is 1. The number of ether oxygens (including phenoxy) is 1. The van der Waals surface area contributed by atoms with Crippen LogP contribution in [0.5, 0.6) is 0 Å². The zero-order chi connectivity index (χ0) is 14.7. The summed E-state index contributed by atoms with van der Waals surface area (Å²) in [6, 6.07) is 0. The van der Waals surface area contributed by atoms with Crippen molar-refractivity contribution < 1.29 is 31.1 Å². The third-order valence-corrected chi connectivity index (χ3v) is 2.21. The van der Waals surface area contributed by atoms with Crippen molar-refractivity contribution >= 4 is 17.8 Å². The van der Waals surface area contributed by atoms with Crippen molar-refractivity contribution in [3.63, 3.8) is 0 Å². The first-order valence-electron chi connectivity index (χ1n) is 4.98. The third kappa shape index (κ3) is 5.79. The van der Waals surface area contributed by atoms with Gasteiger partial charge in [-0.05, 0) is 12.5 Å². The number of nitrogens with zero attached hydrogens (tertiary/aromatic N) is 1. The zero-order valence-electron chi connectivity index (χ0n) is 9.17. The highest BCUT2D eigenvalue weighted by Crippen LogP contribution is 2.27. The first kappa shape index (κ1) is 16.3. The van der Waals surface area contributed by atoms with Gasteiger partial charge in [0.25, 0.3) is 0 Å². The highest BCUT2D eigenvalue weighted by molar-refractivity contribution is 6.22. The van der Waals surface area contributed by atoms with Gasteiger partial charge >= 0.3 is 12.4 Å². The van der Waals surface area contributed by atoms with Crippen molar-refractivity contribution in [1.82, 2.24) is 5.32 Å². The lowest BCUT2D eigenvalue weighted by molar-refractivity contribution is -0.309. The Hall–Kier alpha value is -0.800. The van der Waals surface area contributed by atoms with Crippen molar-refractivity contribution in [2.45, 2.75) is 36.7 Å². The third-order valence-electron chi connectivity index (χ3n) is 1.95. The lowest BCUT2D eigenvalue weighted by atomic mass is 10.2. The quantitative estimate of drug-likeness (QED) is 0.375. The SMILES string of the molecule is FC(NC(F)(F)F)C(F)(F)OC1C=N[C@@H](Cl)C=CC1. The maximum absolute atomic E-state index is 13.1. The van der Waals surface area contributed by atoms with E-state index in [-0.39, 0.29) is 11.7 Å². The van der Waals surface area contributed by atoms with E-state index in [1.807, 2.05) is 0 Å². The molecule has 3 atom stereocenters. The Bertz CT molecular complexity index is 359. The summed E-state index contributed by atoms with van der Waals surface area (Å²) in [5.41, 5.74) is -0.781. The second-order valence-electron chi connectivity index (χ2n) is 3.56. The maximum Gasteiger partial charge on any atom is 0.459 e. The molecule has 10 heteroatoms. The molecule has 0 radical (unpaired) electrons. The minimum Gasteiger partial charge on any atom is -0.308 e. The summed E-state index contributed by atoms with van der Waals surface area (Å²) in [7, 11) is 0. The van der Waals surface area contributed by atoms with Gasteiger partial charge in [-0.1, -0.05) is 17.7 Å². The maximum atomic E-state index is 13.1. The van der Waals surface area contributed by atoms with Gasteiger partial charge in [-0.15, -0.1) is 0 Å². The van der Waals surface area contributed by atoms with Crippen LogP contribution in [0.3, 0.4) is 0 Å². The van der Waals surface area contributed by atoms with Gasteiger partial charge in [0.1, 0.15) is 11.6 Å². The zero-order valence-corrected chi connectivity index (χ0v) is 9.93. The topological polar surface area (TPSA) is 33.6 Å². The lowest BCUT2D eigenvalue weighted by Crippen LogP contribution is -2.50. The van der Waals surface area contributed by atoms with E-state index in [1.165, 1.54) is 12.2 Å². The second-order valence-corrected chi connectivity index (χ2v) is 4.00.